The lowest BCUT2D eigenvalue weighted by molar-refractivity contribution is -0.136. The van der Waals surface area contributed by atoms with Crippen LogP contribution in [0.25, 0.3) is 0 Å². The number of carbonyl (C=O) groups is 2. The zero-order valence-electron chi connectivity index (χ0n) is 15.8. The largest absolute Gasteiger partial charge is 0.342 e. The number of benzene rings is 1. The van der Waals surface area contributed by atoms with Gasteiger partial charge in [-0.15, -0.1) is 0 Å². The Morgan fingerprint density at radius 1 is 1.19 bits per heavy atom. The third kappa shape index (κ3) is 3.61. The van der Waals surface area contributed by atoms with Crippen molar-refractivity contribution in [3.8, 4) is 0 Å². The molecule has 1 fully saturated rings. The van der Waals surface area contributed by atoms with E-state index in [1.807, 2.05) is 52.3 Å². The van der Waals surface area contributed by atoms with Gasteiger partial charge in [-0.25, -0.2) is 0 Å². The van der Waals surface area contributed by atoms with Crippen LogP contribution in [-0.4, -0.2) is 46.6 Å². The molecule has 0 N–H and O–H groups in total. The van der Waals surface area contributed by atoms with E-state index in [9.17, 15) is 9.59 Å². The topological polar surface area (TPSA) is 58.4 Å². The SMILES string of the molecule is CN1C(=O)C[C@H](C(=O)N2CCC(CCn3cccn3)CC2)c2ccccc21. The summed E-state index contributed by atoms with van der Waals surface area (Å²) < 4.78 is 1.97. The Bertz CT molecular complexity index is 809. The van der Waals surface area contributed by atoms with E-state index in [0.29, 0.717) is 5.92 Å². The average molecular weight is 366 g/mol. The number of hydrogen-bond donors (Lipinski definition) is 0. The Kier molecular flexibility index (Phi) is 4.97. The highest BCUT2D eigenvalue weighted by molar-refractivity contribution is 6.02. The number of nitrogens with zero attached hydrogens (tertiary/aromatic N) is 4. The fraction of sp³-hybridized carbons (Fsp3) is 0.476. The van der Waals surface area contributed by atoms with Crippen molar-refractivity contribution in [3.63, 3.8) is 0 Å². The molecule has 27 heavy (non-hydrogen) atoms. The van der Waals surface area contributed by atoms with E-state index in [-0.39, 0.29) is 24.2 Å². The lowest BCUT2D eigenvalue weighted by Gasteiger charge is -2.37. The van der Waals surface area contributed by atoms with Crippen LogP contribution in [0.1, 0.15) is 37.2 Å². The van der Waals surface area contributed by atoms with Crippen molar-refractivity contribution in [1.82, 2.24) is 14.7 Å². The summed E-state index contributed by atoms with van der Waals surface area (Å²) in [6.07, 6.45) is 7.21. The number of fused-ring (bicyclic) bond motifs is 1. The van der Waals surface area contributed by atoms with E-state index in [1.54, 1.807) is 11.9 Å². The van der Waals surface area contributed by atoms with Gasteiger partial charge < -0.3 is 9.80 Å². The molecule has 1 aromatic heterocycles. The van der Waals surface area contributed by atoms with Crippen LogP contribution in [0.15, 0.2) is 42.7 Å². The molecule has 142 valence electrons. The Hall–Kier alpha value is -2.63. The highest BCUT2D eigenvalue weighted by Gasteiger charge is 2.36. The van der Waals surface area contributed by atoms with Crippen LogP contribution in [-0.2, 0) is 16.1 Å². The van der Waals surface area contributed by atoms with Crippen LogP contribution < -0.4 is 4.90 Å². The molecule has 2 aliphatic heterocycles. The number of aryl methyl sites for hydroxylation is 1. The van der Waals surface area contributed by atoms with E-state index in [1.165, 1.54) is 0 Å². The molecule has 1 aromatic carbocycles. The molecule has 6 heteroatoms. The highest BCUT2D eigenvalue weighted by Crippen LogP contribution is 2.37. The van der Waals surface area contributed by atoms with E-state index >= 15 is 0 Å². The van der Waals surface area contributed by atoms with Crippen molar-refractivity contribution in [2.75, 3.05) is 25.0 Å². The molecular formula is C21H26N4O2. The molecule has 0 aliphatic carbocycles. The number of para-hydroxylation sites is 1. The number of likely N-dealkylation sites (tertiary alicyclic amines) is 1. The number of carbonyl (C=O) groups excluding carboxylic acids is 2. The van der Waals surface area contributed by atoms with Crippen molar-refractivity contribution in [2.24, 2.45) is 5.92 Å². The van der Waals surface area contributed by atoms with Crippen molar-refractivity contribution in [2.45, 2.75) is 38.1 Å². The molecule has 0 radical (unpaired) electrons. The minimum atomic E-state index is -0.342. The minimum absolute atomic E-state index is 0.0150. The molecular weight excluding hydrogens is 340 g/mol. The minimum Gasteiger partial charge on any atom is -0.342 e. The van der Waals surface area contributed by atoms with Gasteiger partial charge >= 0.3 is 0 Å². The van der Waals surface area contributed by atoms with Crippen LogP contribution in [0.4, 0.5) is 5.69 Å². The van der Waals surface area contributed by atoms with E-state index < -0.39 is 0 Å². The maximum absolute atomic E-state index is 13.2. The summed E-state index contributed by atoms with van der Waals surface area (Å²) in [5.74, 6) is 0.408. The van der Waals surface area contributed by atoms with Gasteiger partial charge in [0.25, 0.3) is 0 Å². The van der Waals surface area contributed by atoms with Crippen LogP contribution >= 0.6 is 0 Å². The fourth-order valence-electron chi connectivity index (χ4n) is 4.27. The molecule has 6 nitrogen and oxygen atoms in total. The standard InChI is InChI=1S/C21H26N4O2/c1-23-19-6-3-2-5-17(19)18(15-20(23)26)21(27)24-12-7-16(8-13-24)9-14-25-11-4-10-22-25/h2-6,10-11,16,18H,7-9,12-15H2,1H3/t18-/m0/s1. The zero-order valence-corrected chi connectivity index (χ0v) is 15.8. The molecule has 0 bridgehead atoms. The molecule has 4 rings (SSSR count). The molecule has 2 amide bonds. The first-order chi connectivity index (χ1) is 13.1. The average Bonchev–Trinajstić information content (AvgIpc) is 3.23. The van der Waals surface area contributed by atoms with E-state index in [2.05, 4.69) is 5.10 Å². The number of aromatic nitrogens is 2. The Balaban J connectivity index is 1.38. The van der Waals surface area contributed by atoms with Crippen molar-refractivity contribution < 1.29 is 9.59 Å². The van der Waals surface area contributed by atoms with Crippen LogP contribution in [0.5, 0.6) is 0 Å². The predicted octanol–water partition coefficient (Wildman–Crippen LogP) is 2.66. The first-order valence-electron chi connectivity index (χ1n) is 9.75. The second kappa shape index (κ2) is 7.55. The van der Waals surface area contributed by atoms with Gasteiger partial charge in [-0.05, 0) is 42.9 Å². The maximum atomic E-state index is 13.2. The second-order valence-corrected chi connectivity index (χ2v) is 7.59. The summed E-state index contributed by atoms with van der Waals surface area (Å²) in [5, 5.41) is 4.26. The predicted molar refractivity (Wildman–Crippen MR) is 103 cm³/mol. The summed E-state index contributed by atoms with van der Waals surface area (Å²) in [6, 6.07) is 9.72. The molecule has 1 atom stereocenters. The fourth-order valence-corrected chi connectivity index (χ4v) is 4.27. The Morgan fingerprint density at radius 2 is 1.96 bits per heavy atom. The first-order valence-corrected chi connectivity index (χ1v) is 9.75. The van der Waals surface area contributed by atoms with Crippen molar-refractivity contribution >= 4 is 17.5 Å². The highest BCUT2D eigenvalue weighted by atomic mass is 16.2. The van der Waals surface area contributed by atoms with Crippen LogP contribution in [0.3, 0.4) is 0 Å². The first kappa shape index (κ1) is 17.8. The van der Waals surface area contributed by atoms with Crippen LogP contribution in [0.2, 0.25) is 0 Å². The number of anilines is 1. The monoisotopic (exact) mass is 366 g/mol. The maximum Gasteiger partial charge on any atom is 0.230 e. The number of amides is 2. The van der Waals surface area contributed by atoms with Gasteiger partial charge in [0.1, 0.15) is 0 Å². The summed E-state index contributed by atoms with van der Waals surface area (Å²) in [6.45, 7) is 2.50. The normalized spacial score (nSPS) is 20.6. The number of rotatable bonds is 4. The summed E-state index contributed by atoms with van der Waals surface area (Å²) in [5.41, 5.74) is 1.84. The summed E-state index contributed by atoms with van der Waals surface area (Å²) in [4.78, 5) is 29.1. The van der Waals surface area contributed by atoms with E-state index in [0.717, 1.165) is 50.1 Å². The molecule has 2 aromatic rings. The van der Waals surface area contributed by atoms with Gasteiger partial charge in [0.15, 0.2) is 0 Å². The Labute approximate surface area is 159 Å². The summed E-state index contributed by atoms with van der Waals surface area (Å²) >= 11 is 0. The zero-order chi connectivity index (χ0) is 18.8. The molecule has 0 saturated carbocycles. The molecule has 0 unspecified atom stereocenters. The third-order valence-corrected chi connectivity index (χ3v) is 5.98. The van der Waals surface area contributed by atoms with Gasteiger partial charge in [-0.2, -0.15) is 5.10 Å². The smallest absolute Gasteiger partial charge is 0.230 e. The van der Waals surface area contributed by atoms with Gasteiger partial charge in [-0.1, -0.05) is 18.2 Å². The lowest BCUT2D eigenvalue weighted by atomic mass is 9.87. The summed E-state index contributed by atoms with van der Waals surface area (Å²) in [7, 11) is 1.78. The molecule has 0 spiro atoms. The quantitative estimate of drug-likeness (QED) is 0.836. The van der Waals surface area contributed by atoms with Gasteiger partial charge in [0.2, 0.25) is 11.8 Å². The molecule has 2 aliphatic rings. The van der Waals surface area contributed by atoms with E-state index in [4.69, 9.17) is 0 Å². The second-order valence-electron chi connectivity index (χ2n) is 7.59. The number of piperidine rings is 1. The van der Waals surface area contributed by atoms with Crippen LogP contribution in [0, 0.1) is 5.92 Å². The van der Waals surface area contributed by atoms with Crippen molar-refractivity contribution in [3.05, 3.63) is 48.3 Å². The van der Waals surface area contributed by atoms with Gasteiger partial charge in [-0.3, -0.25) is 14.3 Å². The molecule has 1 saturated heterocycles. The van der Waals surface area contributed by atoms with Gasteiger partial charge in [0, 0.05) is 51.2 Å². The van der Waals surface area contributed by atoms with Gasteiger partial charge in [0.05, 0.1) is 5.92 Å². The van der Waals surface area contributed by atoms with Crippen molar-refractivity contribution in [1.29, 1.82) is 0 Å². The third-order valence-electron chi connectivity index (χ3n) is 5.98. The number of hydrogen-bond acceptors (Lipinski definition) is 3. The lowest BCUT2D eigenvalue weighted by Crippen LogP contribution is -2.44. The molecule has 3 heterocycles. The Morgan fingerprint density at radius 3 is 2.70 bits per heavy atom.